The van der Waals surface area contributed by atoms with Crippen molar-refractivity contribution in [3.63, 3.8) is 0 Å². The van der Waals surface area contributed by atoms with Gasteiger partial charge in [-0.15, -0.1) is 0 Å². The van der Waals surface area contributed by atoms with Gasteiger partial charge < -0.3 is 9.64 Å². The van der Waals surface area contributed by atoms with Gasteiger partial charge in [0, 0.05) is 23.8 Å². The highest BCUT2D eigenvalue weighted by atomic mass is 79.9. The molecule has 2 atom stereocenters. The molecular formula is C14H24BrNO2. The Labute approximate surface area is 118 Å². The molecule has 1 aliphatic carbocycles. The molecule has 18 heavy (non-hydrogen) atoms. The molecule has 104 valence electrons. The van der Waals surface area contributed by atoms with Crippen LogP contribution >= 0.6 is 15.9 Å². The predicted octanol–water partition coefficient (Wildman–Crippen LogP) is 2.97. The molecule has 4 heteroatoms. The molecule has 2 fully saturated rings. The molecule has 0 aromatic heterocycles. The Bertz CT molecular complexity index is 302. The van der Waals surface area contributed by atoms with E-state index in [1.165, 1.54) is 19.3 Å². The lowest BCUT2D eigenvalue weighted by Gasteiger charge is -2.42. The number of ether oxygens (including phenoxy) is 1. The van der Waals surface area contributed by atoms with Gasteiger partial charge in [0.1, 0.15) is 0 Å². The van der Waals surface area contributed by atoms with Crippen molar-refractivity contribution in [2.45, 2.75) is 58.2 Å². The summed E-state index contributed by atoms with van der Waals surface area (Å²) in [7, 11) is 0. The molecule has 0 bridgehead atoms. The highest BCUT2D eigenvalue weighted by Gasteiger charge is 2.40. The van der Waals surface area contributed by atoms with Crippen LogP contribution in [0.2, 0.25) is 0 Å². The highest BCUT2D eigenvalue weighted by molar-refractivity contribution is 9.09. The summed E-state index contributed by atoms with van der Waals surface area (Å²) in [6.07, 6.45) is 6.08. The summed E-state index contributed by atoms with van der Waals surface area (Å²) in [5.74, 6) is 0.350. The molecule has 0 N–H and O–H groups in total. The third-order valence-corrected chi connectivity index (χ3v) is 4.98. The maximum atomic E-state index is 12.7. The van der Waals surface area contributed by atoms with E-state index in [1.54, 1.807) is 0 Å². The number of alkyl halides is 1. The Morgan fingerprint density at radius 1 is 1.33 bits per heavy atom. The SMILES string of the molecule is CC1CN(C(=O)C2(C)CCCCC2)CC(CBr)O1. The van der Waals surface area contributed by atoms with Gasteiger partial charge in [-0.25, -0.2) is 0 Å². The van der Waals surface area contributed by atoms with E-state index in [0.717, 1.165) is 31.3 Å². The van der Waals surface area contributed by atoms with Gasteiger partial charge in [-0.3, -0.25) is 4.79 Å². The summed E-state index contributed by atoms with van der Waals surface area (Å²) < 4.78 is 5.80. The molecule has 1 heterocycles. The quantitative estimate of drug-likeness (QED) is 0.733. The van der Waals surface area contributed by atoms with Gasteiger partial charge in [0.25, 0.3) is 0 Å². The third-order valence-electron chi connectivity index (χ3n) is 4.26. The van der Waals surface area contributed by atoms with Gasteiger partial charge in [-0.2, -0.15) is 0 Å². The summed E-state index contributed by atoms with van der Waals surface area (Å²) in [6.45, 7) is 5.69. The molecule has 0 spiro atoms. The molecule has 1 aliphatic heterocycles. The Morgan fingerprint density at radius 2 is 2.00 bits per heavy atom. The van der Waals surface area contributed by atoms with E-state index in [1.807, 2.05) is 4.90 Å². The molecule has 0 radical (unpaired) electrons. The fourth-order valence-electron chi connectivity index (χ4n) is 3.22. The minimum Gasteiger partial charge on any atom is -0.371 e. The van der Waals surface area contributed by atoms with E-state index < -0.39 is 0 Å². The second-order valence-corrected chi connectivity index (χ2v) is 6.70. The van der Waals surface area contributed by atoms with Crippen LogP contribution in [-0.4, -0.2) is 41.4 Å². The average molecular weight is 318 g/mol. The maximum Gasteiger partial charge on any atom is 0.228 e. The monoisotopic (exact) mass is 317 g/mol. The normalized spacial score (nSPS) is 32.3. The van der Waals surface area contributed by atoms with Crippen molar-refractivity contribution in [2.24, 2.45) is 5.41 Å². The zero-order chi connectivity index (χ0) is 13.2. The summed E-state index contributed by atoms with van der Waals surface area (Å²) in [4.78, 5) is 14.8. The van der Waals surface area contributed by atoms with Crippen LogP contribution in [0.3, 0.4) is 0 Å². The average Bonchev–Trinajstić information content (AvgIpc) is 2.38. The standard InChI is InChI=1S/C14H24BrNO2/c1-11-9-16(10-12(8-15)18-11)13(17)14(2)6-4-3-5-7-14/h11-12H,3-10H2,1-2H3. The maximum absolute atomic E-state index is 12.7. The minimum absolute atomic E-state index is 0.119. The summed E-state index contributed by atoms with van der Waals surface area (Å²) in [5, 5.41) is 0.803. The van der Waals surface area contributed by atoms with Crippen LogP contribution in [0.25, 0.3) is 0 Å². The fraction of sp³-hybridized carbons (Fsp3) is 0.929. The van der Waals surface area contributed by atoms with E-state index in [9.17, 15) is 4.79 Å². The van der Waals surface area contributed by atoms with Gasteiger partial charge in [-0.05, 0) is 19.8 Å². The zero-order valence-corrected chi connectivity index (χ0v) is 13.0. The van der Waals surface area contributed by atoms with Crippen LogP contribution in [0, 0.1) is 5.41 Å². The number of halogens is 1. The van der Waals surface area contributed by atoms with E-state index >= 15 is 0 Å². The van der Waals surface area contributed by atoms with Crippen molar-refractivity contribution in [1.82, 2.24) is 4.90 Å². The Hall–Kier alpha value is -0.0900. The first-order valence-electron chi connectivity index (χ1n) is 7.06. The number of hydrogen-bond donors (Lipinski definition) is 0. The molecule has 2 unspecified atom stereocenters. The van der Waals surface area contributed by atoms with Crippen LogP contribution in [0.1, 0.15) is 46.0 Å². The van der Waals surface area contributed by atoms with E-state index in [2.05, 4.69) is 29.8 Å². The number of amides is 1. The van der Waals surface area contributed by atoms with Crippen LogP contribution in [0.5, 0.6) is 0 Å². The van der Waals surface area contributed by atoms with Crippen molar-refractivity contribution in [2.75, 3.05) is 18.4 Å². The van der Waals surface area contributed by atoms with Gasteiger partial charge in [0.2, 0.25) is 5.91 Å². The topological polar surface area (TPSA) is 29.5 Å². The molecule has 2 rings (SSSR count). The number of nitrogens with zero attached hydrogens (tertiary/aromatic N) is 1. The molecule has 1 saturated heterocycles. The van der Waals surface area contributed by atoms with Crippen molar-refractivity contribution in [1.29, 1.82) is 0 Å². The Balaban J connectivity index is 2.03. The first-order valence-corrected chi connectivity index (χ1v) is 8.18. The highest BCUT2D eigenvalue weighted by Crippen LogP contribution is 2.38. The fourth-order valence-corrected chi connectivity index (χ4v) is 3.58. The van der Waals surface area contributed by atoms with Crippen molar-refractivity contribution in [3.05, 3.63) is 0 Å². The van der Waals surface area contributed by atoms with E-state index in [0.29, 0.717) is 5.91 Å². The minimum atomic E-state index is -0.119. The second-order valence-electron chi connectivity index (χ2n) is 6.05. The molecular weight excluding hydrogens is 294 g/mol. The number of carbonyl (C=O) groups excluding carboxylic acids is 1. The molecule has 1 saturated carbocycles. The Kier molecular flexibility index (Phi) is 4.70. The van der Waals surface area contributed by atoms with Gasteiger partial charge in [-0.1, -0.05) is 42.1 Å². The zero-order valence-electron chi connectivity index (χ0n) is 11.5. The molecule has 1 amide bonds. The lowest BCUT2D eigenvalue weighted by molar-refractivity contribution is -0.154. The summed E-state index contributed by atoms with van der Waals surface area (Å²) >= 11 is 3.46. The smallest absolute Gasteiger partial charge is 0.228 e. The van der Waals surface area contributed by atoms with Crippen LogP contribution in [0.4, 0.5) is 0 Å². The second kappa shape index (κ2) is 5.91. The van der Waals surface area contributed by atoms with Crippen molar-refractivity contribution in [3.8, 4) is 0 Å². The summed E-state index contributed by atoms with van der Waals surface area (Å²) in [6, 6.07) is 0. The number of carbonyl (C=O) groups is 1. The first kappa shape index (κ1) is 14.3. The lowest BCUT2D eigenvalue weighted by Crippen LogP contribution is -2.54. The molecule has 0 aromatic carbocycles. The predicted molar refractivity (Wildman–Crippen MR) is 75.9 cm³/mol. The third kappa shape index (κ3) is 3.08. The van der Waals surface area contributed by atoms with Crippen molar-refractivity contribution >= 4 is 21.8 Å². The lowest BCUT2D eigenvalue weighted by atomic mass is 9.74. The van der Waals surface area contributed by atoms with Gasteiger partial charge in [0.15, 0.2) is 0 Å². The molecule has 0 aromatic rings. The largest absolute Gasteiger partial charge is 0.371 e. The number of hydrogen-bond acceptors (Lipinski definition) is 2. The van der Waals surface area contributed by atoms with E-state index in [-0.39, 0.29) is 17.6 Å². The van der Waals surface area contributed by atoms with E-state index in [4.69, 9.17) is 4.74 Å². The van der Waals surface area contributed by atoms with Crippen molar-refractivity contribution < 1.29 is 9.53 Å². The van der Waals surface area contributed by atoms with Gasteiger partial charge in [0.05, 0.1) is 12.2 Å². The Morgan fingerprint density at radius 3 is 2.61 bits per heavy atom. The van der Waals surface area contributed by atoms with Crippen LogP contribution < -0.4 is 0 Å². The molecule has 3 nitrogen and oxygen atoms in total. The van der Waals surface area contributed by atoms with Gasteiger partial charge >= 0.3 is 0 Å². The molecule has 2 aliphatic rings. The van der Waals surface area contributed by atoms with Crippen LogP contribution in [0.15, 0.2) is 0 Å². The number of morpholine rings is 1. The summed E-state index contributed by atoms with van der Waals surface area (Å²) in [5.41, 5.74) is -0.119. The first-order chi connectivity index (χ1) is 8.55. The number of rotatable bonds is 2. The van der Waals surface area contributed by atoms with Crippen LogP contribution in [-0.2, 0) is 9.53 Å².